The van der Waals surface area contributed by atoms with Gasteiger partial charge in [-0.25, -0.2) is 4.98 Å². The van der Waals surface area contributed by atoms with Crippen molar-refractivity contribution >= 4 is 17.1 Å². The third kappa shape index (κ3) is 2.27. The minimum atomic E-state index is -0.109. The smallest absolute Gasteiger partial charge is 0.245 e. The fourth-order valence-corrected chi connectivity index (χ4v) is 1.96. The van der Waals surface area contributed by atoms with E-state index in [9.17, 15) is 0 Å². The van der Waals surface area contributed by atoms with Crippen LogP contribution < -0.4 is 10.1 Å². The second-order valence-corrected chi connectivity index (χ2v) is 4.37. The van der Waals surface area contributed by atoms with Gasteiger partial charge in [0.25, 0.3) is 0 Å². The fraction of sp³-hybridized carbons (Fsp3) is 0.214. The Bertz CT molecular complexity index is 710. The zero-order valence-corrected chi connectivity index (χ0v) is 11.3. The highest BCUT2D eigenvalue weighted by atomic mass is 16.5. The number of anilines is 1. The minimum Gasteiger partial charge on any atom is -0.468 e. The number of aromatic nitrogens is 4. The first-order chi connectivity index (χ1) is 9.78. The summed E-state index contributed by atoms with van der Waals surface area (Å²) in [6.45, 7) is 1.98. The lowest BCUT2D eigenvalue weighted by Gasteiger charge is -2.15. The van der Waals surface area contributed by atoms with Crippen LogP contribution in [-0.4, -0.2) is 27.0 Å². The molecule has 0 spiro atoms. The van der Waals surface area contributed by atoms with E-state index < -0.39 is 0 Å². The number of benzene rings is 1. The number of hydrogen-bond acceptors (Lipinski definition) is 5. The molecule has 102 valence electrons. The predicted octanol–water partition coefficient (Wildman–Crippen LogP) is 2.53. The molecule has 3 rings (SSSR count). The van der Waals surface area contributed by atoms with Gasteiger partial charge in [0, 0.05) is 7.05 Å². The van der Waals surface area contributed by atoms with Gasteiger partial charge in [-0.2, -0.15) is 9.97 Å². The number of fused-ring (bicyclic) bond motifs is 1. The van der Waals surface area contributed by atoms with Crippen molar-refractivity contribution < 1.29 is 4.74 Å². The Kier molecular flexibility index (Phi) is 3.20. The molecule has 2 heterocycles. The molecule has 0 aliphatic carbocycles. The van der Waals surface area contributed by atoms with Crippen LogP contribution in [0.2, 0.25) is 0 Å². The Morgan fingerprint density at radius 3 is 2.75 bits per heavy atom. The van der Waals surface area contributed by atoms with Crippen molar-refractivity contribution in [1.29, 1.82) is 0 Å². The van der Waals surface area contributed by atoms with E-state index in [1.54, 1.807) is 13.4 Å². The summed E-state index contributed by atoms with van der Waals surface area (Å²) in [6.07, 6.45) is 1.47. The number of rotatable bonds is 4. The molecule has 0 radical (unpaired) electrons. The molecule has 1 atom stereocenters. The van der Waals surface area contributed by atoms with Gasteiger partial charge in [-0.05, 0) is 12.5 Å². The van der Waals surface area contributed by atoms with Gasteiger partial charge >= 0.3 is 0 Å². The van der Waals surface area contributed by atoms with E-state index in [0.29, 0.717) is 23.0 Å². The molecule has 6 heteroatoms. The Morgan fingerprint density at radius 2 is 2.00 bits per heavy atom. The van der Waals surface area contributed by atoms with Gasteiger partial charge in [0.05, 0.1) is 6.33 Å². The Hall–Kier alpha value is -2.63. The quantitative estimate of drug-likeness (QED) is 0.761. The Balaban J connectivity index is 1.95. The highest BCUT2D eigenvalue weighted by Crippen LogP contribution is 2.26. The third-order valence-corrected chi connectivity index (χ3v) is 3.03. The van der Waals surface area contributed by atoms with Gasteiger partial charge in [0.15, 0.2) is 5.65 Å². The highest BCUT2D eigenvalue weighted by molar-refractivity contribution is 5.76. The summed E-state index contributed by atoms with van der Waals surface area (Å²) in [5.41, 5.74) is 2.37. The summed E-state index contributed by atoms with van der Waals surface area (Å²) in [4.78, 5) is 15.7. The molecule has 0 saturated carbocycles. The highest BCUT2D eigenvalue weighted by Gasteiger charge is 2.14. The normalized spacial score (nSPS) is 12.3. The maximum absolute atomic E-state index is 5.95. The van der Waals surface area contributed by atoms with E-state index in [2.05, 4.69) is 25.3 Å². The Labute approximate surface area is 116 Å². The van der Waals surface area contributed by atoms with Crippen LogP contribution in [0.1, 0.15) is 18.6 Å². The van der Waals surface area contributed by atoms with Crippen LogP contribution in [0.4, 0.5) is 5.95 Å². The fourth-order valence-electron chi connectivity index (χ4n) is 1.96. The molecule has 1 aromatic carbocycles. The summed E-state index contributed by atoms with van der Waals surface area (Å²) in [7, 11) is 1.76. The van der Waals surface area contributed by atoms with Crippen molar-refractivity contribution in [1.82, 2.24) is 19.9 Å². The number of imidazole rings is 1. The second kappa shape index (κ2) is 5.16. The van der Waals surface area contributed by atoms with Crippen LogP contribution in [0.3, 0.4) is 0 Å². The zero-order chi connectivity index (χ0) is 13.9. The topological polar surface area (TPSA) is 75.7 Å². The third-order valence-electron chi connectivity index (χ3n) is 3.03. The number of hydrogen-bond donors (Lipinski definition) is 2. The first-order valence-electron chi connectivity index (χ1n) is 6.38. The average molecular weight is 269 g/mol. The van der Waals surface area contributed by atoms with E-state index in [0.717, 1.165) is 5.56 Å². The zero-order valence-electron chi connectivity index (χ0n) is 11.3. The van der Waals surface area contributed by atoms with Crippen molar-refractivity contribution in [3.8, 4) is 5.88 Å². The maximum Gasteiger partial charge on any atom is 0.245 e. The van der Waals surface area contributed by atoms with Crippen LogP contribution in [0.15, 0.2) is 36.7 Å². The Morgan fingerprint density at radius 1 is 1.20 bits per heavy atom. The summed E-state index contributed by atoms with van der Waals surface area (Å²) < 4.78 is 5.95. The molecule has 2 aromatic heterocycles. The average Bonchev–Trinajstić information content (AvgIpc) is 2.96. The van der Waals surface area contributed by atoms with Crippen LogP contribution in [-0.2, 0) is 0 Å². The molecule has 0 bridgehead atoms. The lowest BCUT2D eigenvalue weighted by atomic mass is 10.1. The second-order valence-electron chi connectivity index (χ2n) is 4.37. The molecule has 0 fully saturated rings. The van der Waals surface area contributed by atoms with Crippen LogP contribution in [0.5, 0.6) is 5.88 Å². The van der Waals surface area contributed by atoms with Crippen LogP contribution in [0.25, 0.3) is 11.2 Å². The molecule has 1 unspecified atom stereocenters. The van der Waals surface area contributed by atoms with Gasteiger partial charge in [-0.1, -0.05) is 30.3 Å². The maximum atomic E-state index is 5.95. The molecular weight excluding hydrogens is 254 g/mol. The largest absolute Gasteiger partial charge is 0.468 e. The van der Waals surface area contributed by atoms with Crippen molar-refractivity contribution in [3.63, 3.8) is 0 Å². The van der Waals surface area contributed by atoms with E-state index in [1.807, 2.05) is 37.3 Å². The van der Waals surface area contributed by atoms with E-state index in [4.69, 9.17) is 4.74 Å². The molecule has 3 aromatic rings. The first-order valence-corrected chi connectivity index (χ1v) is 6.38. The minimum absolute atomic E-state index is 0.109. The lowest BCUT2D eigenvalue weighted by molar-refractivity contribution is 0.220. The van der Waals surface area contributed by atoms with Crippen molar-refractivity contribution in [2.45, 2.75) is 13.0 Å². The molecule has 0 saturated heterocycles. The number of H-pyrrole nitrogens is 1. The van der Waals surface area contributed by atoms with Crippen molar-refractivity contribution in [2.24, 2.45) is 0 Å². The molecule has 0 amide bonds. The van der Waals surface area contributed by atoms with Gasteiger partial charge in [0.1, 0.15) is 11.6 Å². The van der Waals surface area contributed by atoms with Gasteiger partial charge in [-0.3, -0.25) is 0 Å². The summed E-state index contributed by atoms with van der Waals surface area (Å²) in [5.74, 6) is 0.980. The van der Waals surface area contributed by atoms with Gasteiger partial charge in [0.2, 0.25) is 11.8 Å². The standard InChI is InChI=1S/C14H15N5O/c1-9(10-6-4-3-5-7-10)20-13-11-12(17-8-16-11)18-14(15-2)19-13/h3-9H,1-2H3,(H2,15,16,17,18,19). The number of nitrogens with zero attached hydrogens (tertiary/aromatic N) is 3. The van der Waals surface area contributed by atoms with E-state index in [-0.39, 0.29) is 6.10 Å². The molecular formula is C14H15N5O. The number of aromatic amines is 1. The van der Waals surface area contributed by atoms with Gasteiger partial charge in [-0.15, -0.1) is 0 Å². The van der Waals surface area contributed by atoms with E-state index in [1.165, 1.54) is 0 Å². The summed E-state index contributed by atoms with van der Waals surface area (Å²) in [6, 6.07) is 10.00. The molecule has 0 aliphatic rings. The molecule has 2 N–H and O–H groups in total. The van der Waals surface area contributed by atoms with Gasteiger partial charge < -0.3 is 15.0 Å². The van der Waals surface area contributed by atoms with Crippen molar-refractivity contribution in [3.05, 3.63) is 42.2 Å². The summed E-state index contributed by atoms with van der Waals surface area (Å²) in [5, 5.41) is 2.91. The van der Waals surface area contributed by atoms with E-state index >= 15 is 0 Å². The number of nitrogens with one attached hydrogen (secondary N) is 2. The predicted molar refractivity (Wildman–Crippen MR) is 76.7 cm³/mol. The van der Waals surface area contributed by atoms with Crippen LogP contribution >= 0.6 is 0 Å². The lowest BCUT2D eigenvalue weighted by Crippen LogP contribution is -2.06. The van der Waals surface area contributed by atoms with Crippen LogP contribution in [0, 0.1) is 0 Å². The molecule has 0 aliphatic heterocycles. The molecule has 6 nitrogen and oxygen atoms in total. The monoisotopic (exact) mass is 269 g/mol. The SMILES string of the molecule is CNc1nc(OC(C)c2ccccc2)c2[nH]cnc2n1. The summed E-state index contributed by atoms with van der Waals surface area (Å²) >= 11 is 0. The van der Waals surface area contributed by atoms with Crippen molar-refractivity contribution in [2.75, 3.05) is 12.4 Å². The first kappa shape index (κ1) is 12.4. The number of ether oxygens (including phenoxy) is 1. The molecule has 20 heavy (non-hydrogen) atoms.